The number of halogens is 1. The van der Waals surface area contributed by atoms with Crippen LogP contribution in [0.5, 0.6) is 5.75 Å². The van der Waals surface area contributed by atoms with E-state index in [-0.39, 0.29) is 5.57 Å². The van der Waals surface area contributed by atoms with E-state index < -0.39 is 5.91 Å². The van der Waals surface area contributed by atoms with E-state index in [4.69, 9.17) is 16.3 Å². The summed E-state index contributed by atoms with van der Waals surface area (Å²) in [6, 6.07) is 18.8. The van der Waals surface area contributed by atoms with Crippen LogP contribution >= 0.6 is 22.9 Å². The first-order valence-corrected chi connectivity index (χ1v) is 11.7. The van der Waals surface area contributed by atoms with E-state index in [1.54, 1.807) is 30.3 Å². The molecule has 1 aliphatic carbocycles. The number of hydrogen-bond acceptors (Lipinski definition) is 5. The summed E-state index contributed by atoms with van der Waals surface area (Å²) in [5.74, 6) is 0.0639. The molecule has 0 saturated carbocycles. The number of nitrogens with one attached hydrogen (secondary N) is 1. The third-order valence-electron chi connectivity index (χ3n) is 5.40. The van der Waals surface area contributed by atoms with Crippen molar-refractivity contribution in [2.75, 3.05) is 5.32 Å². The fourth-order valence-electron chi connectivity index (χ4n) is 3.73. The van der Waals surface area contributed by atoms with Crippen molar-refractivity contribution in [3.8, 4) is 17.9 Å². The smallest absolute Gasteiger partial charge is 0.266 e. The number of carbonyl (C=O) groups excluding carboxylic acids is 1. The van der Waals surface area contributed by atoms with Gasteiger partial charge in [-0.3, -0.25) is 4.79 Å². The van der Waals surface area contributed by atoms with E-state index in [1.165, 1.54) is 17.4 Å². The number of aryl methyl sites for hydroxylation is 1. The zero-order valence-corrected chi connectivity index (χ0v) is 19.3. The fraction of sp³-hybridized carbons (Fsp3) is 0.192. The van der Waals surface area contributed by atoms with Gasteiger partial charge in [0.25, 0.3) is 5.91 Å². The van der Waals surface area contributed by atoms with Gasteiger partial charge in [0.1, 0.15) is 35.1 Å². The van der Waals surface area contributed by atoms with Gasteiger partial charge in [0, 0.05) is 15.5 Å². The van der Waals surface area contributed by atoms with E-state index in [0.29, 0.717) is 33.5 Å². The number of anilines is 1. The van der Waals surface area contributed by atoms with Crippen LogP contribution in [0.15, 0.2) is 54.1 Å². The third kappa shape index (κ3) is 5.26. The van der Waals surface area contributed by atoms with Gasteiger partial charge >= 0.3 is 0 Å². The molecule has 0 saturated heterocycles. The molecular formula is C26H20ClN3O2S. The molecule has 5 nitrogen and oxygen atoms in total. The molecule has 0 aliphatic heterocycles. The molecule has 0 radical (unpaired) electrons. The maximum atomic E-state index is 12.8. The van der Waals surface area contributed by atoms with Gasteiger partial charge < -0.3 is 10.1 Å². The molecule has 1 aromatic heterocycles. The van der Waals surface area contributed by atoms with Crippen LogP contribution in [0.25, 0.3) is 6.08 Å². The Morgan fingerprint density at radius 1 is 1.15 bits per heavy atom. The number of thiophene rings is 1. The topological polar surface area (TPSA) is 85.9 Å². The van der Waals surface area contributed by atoms with Crippen LogP contribution < -0.4 is 10.1 Å². The Kier molecular flexibility index (Phi) is 7.10. The Morgan fingerprint density at radius 3 is 2.76 bits per heavy atom. The van der Waals surface area contributed by atoms with E-state index in [9.17, 15) is 15.3 Å². The van der Waals surface area contributed by atoms with Crippen molar-refractivity contribution in [1.82, 2.24) is 0 Å². The first kappa shape index (κ1) is 22.6. The SMILES string of the molecule is N#C/C(=C\c1cccc(OCc2ccccc2Cl)c1)C(=O)Nc1sc2c(c1C#N)CCCC2. The molecule has 4 rings (SSSR count). The van der Waals surface area contributed by atoms with Crippen LogP contribution in [0.1, 0.15) is 40.0 Å². The van der Waals surface area contributed by atoms with Crippen molar-refractivity contribution in [3.63, 3.8) is 0 Å². The predicted octanol–water partition coefficient (Wildman–Crippen LogP) is 6.28. The lowest BCUT2D eigenvalue weighted by Gasteiger charge is -2.09. The number of carbonyl (C=O) groups is 1. The van der Waals surface area contributed by atoms with Gasteiger partial charge in [-0.15, -0.1) is 11.3 Å². The largest absolute Gasteiger partial charge is 0.489 e. The fourth-order valence-corrected chi connectivity index (χ4v) is 5.15. The zero-order chi connectivity index (χ0) is 23.2. The number of hydrogen-bond donors (Lipinski definition) is 1. The van der Waals surface area contributed by atoms with Crippen LogP contribution in [0.2, 0.25) is 5.02 Å². The van der Waals surface area contributed by atoms with Gasteiger partial charge in [0.15, 0.2) is 0 Å². The highest BCUT2D eigenvalue weighted by atomic mass is 35.5. The van der Waals surface area contributed by atoms with E-state index >= 15 is 0 Å². The number of benzene rings is 2. The number of ether oxygens (including phenoxy) is 1. The Bertz CT molecular complexity index is 1310. The van der Waals surface area contributed by atoms with Gasteiger partial charge in [-0.2, -0.15) is 10.5 Å². The van der Waals surface area contributed by atoms with Crippen LogP contribution in [0.4, 0.5) is 5.00 Å². The standard InChI is InChI=1S/C26H20ClN3O2S/c27-23-10-3-1-7-18(23)16-32-20-8-5-6-17(13-20)12-19(14-28)25(31)30-26-22(15-29)21-9-2-4-11-24(21)33-26/h1,3,5-8,10,12-13H,2,4,9,11,16H2,(H,30,31)/b19-12+. The number of fused-ring (bicyclic) bond motifs is 1. The number of rotatable bonds is 6. The van der Waals surface area contributed by atoms with Crippen molar-refractivity contribution in [2.45, 2.75) is 32.3 Å². The number of nitrogens with zero attached hydrogens (tertiary/aromatic N) is 2. The molecule has 0 fully saturated rings. The maximum Gasteiger partial charge on any atom is 0.266 e. The predicted molar refractivity (Wildman–Crippen MR) is 130 cm³/mol. The lowest BCUT2D eigenvalue weighted by Crippen LogP contribution is -2.13. The van der Waals surface area contributed by atoms with Gasteiger partial charge in [-0.25, -0.2) is 0 Å². The summed E-state index contributed by atoms with van der Waals surface area (Å²) in [5.41, 5.74) is 3.03. The molecule has 0 atom stereocenters. The summed E-state index contributed by atoms with van der Waals surface area (Å²) in [5, 5.41) is 23.1. The molecule has 7 heteroatoms. The van der Waals surface area contributed by atoms with Crippen LogP contribution in [-0.2, 0) is 24.2 Å². The Balaban J connectivity index is 1.50. The second-order valence-corrected chi connectivity index (χ2v) is 9.12. The van der Waals surface area contributed by atoms with Crippen molar-refractivity contribution in [3.05, 3.63) is 86.3 Å². The monoisotopic (exact) mass is 473 g/mol. The first-order valence-electron chi connectivity index (χ1n) is 10.5. The zero-order valence-electron chi connectivity index (χ0n) is 17.7. The molecule has 0 spiro atoms. The molecule has 2 aromatic carbocycles. The van der Waals surface area contributed by atoms with Gasteiger partial charge in [0.2, 0.25) is 0 Å². The van der Waals surface area contributed by atoms with Gasteiger partial charge in [-0.05, 0) is 61.1 Å². The minimum Gasteiger partial charge on any atom is -0.489 e. The average molecular weight is 474 g/mol. The van der Waals surface area contributed by atoms with E-state index in [2.05, 4.69) is 11.4 Å². The van der Waals surface area contributed by atoms with Crippen LogP contribution in [0.3, 0.4) is 0 Å². The van der Waals surface area contributed by atoms with Crippen molar-refractivity contribution in [1.29, 1.82) is 10.5 Å². The summed E-state index contributed by atoms with van der Waals surface area (Å²) in [4.78, 5) is 14.0. The highest BCUT2D eigenvalue weighted by molar-refractivity contribution is 7.16. The summed E-state index contributed by atoms with van der Waals surface area (Å²) in [6.45, 7) is 0.304. The molecule has 0 bridgehead atoms. The molecule has 1 heterocycles. The average Bonchev–Trinajstić information content (AvgIpc) is 3.19. The highest BCUT2D eigenvalue weighted by Gasteiger charge is 2.22. The number of nitriles is 2. The van der Waals surface area contributed by atoms with E-state index in [1.807, 2.05) is 24.3 Å². The molecule has 0 unspecified atom stereocenters. The van der Waals surface area contributed by atoms with E-state index in [0.717, 1.165) is 41.7 Å². The number of amides is 1. The molecular weight excluding hydrogens is 454 g/mol. The van der Waals surface area contributed by atoms with Crippen LogP contribution in [0, 0.1) is 22.7 Å². The summed E-state index contributed by atoms with van der Waals surface area (Å²) in [6.07, 6.45) is 5.42. The van der Waals surface area contributed by atoms with Crippen molar-refractivity contribution < 1.29 is 9.53 Å². The summed E-state index contributed by atoms with van der Waals surface area (Å²) >= 11 is 7.61. The molecule has 1 amide bonds. The Hall–Kier alpha value is -3.58. The lowest BCUT2D eigenvalue weighted by atomic mass is 9.96. The second-order valence-electron chi connectivity index (χ2n) is 7.60. The highest BCUT2D eigenvalue weighted by Crippen LogP contribution is 2.37. The lowest BCUT2D eigenvalue weighted by molar-refractivity contribution is -0.112. The Morgan fingerprint density at radius 2 is 1.97 bits per heavy atom. The van der Waals surface area contributed by atoms with Crippen molar-refractivity contribution >= 4 is 39.9 Å². The minimum absolute atomic E-state index is 0.0477. The minimum atomic E-state index is -0.532. The quantitative estimate of drug-likeness (QED) is 0.337. The van der Waals surface area contributed by atoms with Crippen molar-refractivity contribution in [2.24, 2.45) is 0 Å². The van der Waals surface area contributed by atoms with Crippen LogP contribution in [-0.4, -0.2) is 5.91 Å². The summed E-state index contributed by atoms with van der Waals surface area (Å²) in [7, 11) is 0. The molecule has 1 aliphatic rings. The first-order chi connectivity index (χ1) is 16.1. The Labute approximate surface area is 201 Å². The molecule has 33 heavy (non-hydrogen) atoms. The molecule has 3 aromatic rings. The van der Waals surface area contributed by atoms with Gasteiger partial charge in [0.05, 0.1) is 5.56 Å². The van der Waals surface area contributed by atoms with Gasteiger partial charge in [-0.1, -0.05) is 41.9 Å². The normalized spacial score (nSPS) is 12.9. The summed E-state index contributed by atoms with van der Waals surface area (Å²) < 4.78 is 5.83. The third-order valence-corrected chi connectivity index (χ3v) is 6.97. The molecule has 164 valence electrons. The second kappa shape index (κ2) is 10.4. The maximum absolute atomic E-state index is 12.8. The molecule has 1 N–H and O–H groups in total.